The van der Waals surface area contributed by atoms with E-state index in [1.165, 1.54) is 24.8 Å². The summed E-state index contributed by atoms with van der Waals surface area (Å²) in [5, 5.41) is 3.16. The van der Waals surface area contributed by atoms with Gasteiger partial charge in [-0.1, -0.05) is 49.6 Å². The van der Waals surface area contributed by atoms with Crippen LogP contribution >= 0.6 is 0 Å². The summed E-state index contributed by atoms with van der Waals surface area (Å²) in [4.78, 5) is 17.3. The third-order valence-corrected chi connectivity index (χ3v) is 6.46. The topological polar surface area (TPSA) is 56.1 Å². The van der Waals surface area contributed by atoms with E-state index < -0.39 is 0 Å². The molecule has 1 aliphatic rings. The highest BCUT2D eigenvalue weighted by atomic mass is 16.5. The zero-order valence-electron chi connectivity index (χ0n) is 19.2. The average molecular weight is 434 g/mol. The molecule has 0 unspecified atom stereocenters. The molecule has 1 aromatic heterocycles. The number of fused-ring (bicyclic) bond motifs is 1. The molecule has 5 nitrogen and oxygen atoms in total. The zero-order chi connectivity index (χ0) is 22.2. The summed E-state index contributed by atoms with van der Waals surface area (Å²) in [6.45, 7) is 4.34. The summed E-state index contributed by atoms with van der Waals surface area (Å²) in [6.07, 6.45) is 8.43. The molecule has 2 aromatic carbocycles. The van der Waals surface area contributed by atoms with Crippen LogP contribution in [-0.4, -0.2) is 28.6 Å². The molecule has 32 heavy (non-hydrogen) atoms. The lowest BCUT2D eigenvalue weighted by molar-refractivity contribution is -0.125. The van der Waals surface area contributed by atoms with Crippen molar-refractivity contribution in [1.29, 1.82) is 0 Å². The van der Waals surface area contributed by atoms with Gasteiger partial charge < -0.3 is 14.6 Å². The van der Waals surface area contributed by atoms with Crippen LogP contribution in [0.5, 0.6) is 5.75 Å². The molecule has 4 rings (SSSR count). The van der Waals surface area contributed by atoms with Crippen molar-refractivity contribution in [3.05, 3.63) is 59.9 Å². The van der Waals surface area contributed by atoms with Gasteiger partial charge in [0.05, 0.1) is 17.6 Å². The number of amides is 1. The average Bonchev–Trinajstić information content (AvgIpc) is 3.18. The summed E-state index contributed by atoms with van der Waals surface area (Å²) in [6, 6.07) is 16.5. The monoisotopic (exact) mass is 433 g/mol. The van der Waals surface area contributed by atoms with Gasteiger partial charge in [-0.15, -0.1) is 0 Å². The molecule has 1 heterocycles. The minimum atomic E-state index is 0.224. The second kappa shape index (κ2) is 11.2. The fourth-order valence-electron chi connectivity index (χ4n) is 4.66. The number of carbonyl (C=O) groups is 1. The molecule has 0 atom stereocenters. The maximum atomic E-state index is 12.4. The molecule has 0 radical (unpaired) electrons. The fraction of sp³-hybridized carbons (Fsp3) is 0.481. The van der Waals surface area contributed by atoms with E-state index in [4.69, 9.17) is 9.72 Å². The summed E-state index contributed by atoms with van der Waals surface area (Å²) in [5.41, 5.74) is 3.37. The Hall–Kier alpha value is -2.82. The third-order valence-electron chi connectivity index (χ3n) is 6.46. The largest absolute Gasteiger partial charge is 0.493 e. The lowest BCUT2D eigenvalue weighted by atomic mass is 9.89. The van der Waals surface area contributed by atoms with Crippen LogP contribution in [0.25, 0.3) is 11.0 Å². The minimum absolute atomic E-state index is 0.224. The molecule has 0 spiro atoms. The van der Waals surface area contributed by atoms with Crippen molar-refractivity contribution in [3.8, 4) is 5.75 Å². The van der Waals surface area contributed by atoms with Crippen LogP contribution in [0.3, 0.4) is 0 Å². The number of aromatic nitrogens is 2. The van der Waals surface area contributed by atoms with Crippen molar-refractivity contribution in [2.75, 3.05) is 13.2 Å². The van der Waals surface area contributed by atoms with Crippen LogP contribution in [-0.2, 0) is 17.8 Å². The van der Waals surface area contributed by atoms with Gasteiger partial charge in [0.25, 0.3) is 0 Å². The van der Waals surface area contributed by atoms with Gasteiger partial charge >= 0.3 is 0 Å². The third kappa shape index (κ3) is 5.70. The van der Waals surface area contributed by atoms with Crippen LogP contribution in [0.1, 0.15) is 56.3 Å². The Labute approximate surface area is 191 Å². The van der Waals surface area contributed by atoms with E-state index in [9.17, 15) is 4.79 Å². The molecule has 1 amide bonds. The summed E-state index contributed by atoms with van der Waals surface area (Å²) >= 11 is 0. The van der Waals surface area contributed by atoms with Crippen molar-refractivity contribution in [2.45, 2.75) is 64.8 Å². The van der Waals surface area contributed by atoms with Crippen molar-refractivity contribution < 1.29 is 9.53 Å². The molecule has 0 aliphatic heterocycles. The van der Waals surface area contributed by atoms with Gasteiger partial charge in [0.1, 0.15) is 11.6 Å². The quantitative estimate of drug-likeness (QED) is 0.433. The van der Waals surface area contributed by atoms with Crippen LogP contribution in [0.4, 0.5) is 0 Å². The number of aryl methyl sites for hydroxylation is 3. The molecule has 1 N–H and O–H groups in total. The molecule has 1 saturated carbocycles. The number of rotatable bonds is 10. The highest BCUT2D eigenvalue weighted by Crippen LogP contribution is 2.24. The first-order chi connectivity index (χ1) is 15.7. The molecule has 3 aromatic rings. The molecular formula is C27H35N3O2. The normalized spacial score (nSPS) is 14.5. The number of benzene rings is 2. The highest BCUT2D eigenvalue weighted by molar-refractivity contribution is 5.78. The summed E-state index contributed by atoms with van der Waals surface area (Å²) in [5.74, 6) is 2.51. The molecule has 5 heteroatoms. The van der Waals surface area contributed by atoms with Gasteiger partial charge in [-0.3, -0.25) is 4.79 Å². The number of para-hydroxylation sites is 3. The number of nitrogens with zero attached hydrogens (tertiary/aromatic N) is 2. The Morgan fingerprint density at radius 2 is 1.84 bits per heavy atom. The minimum Gasteiger partial charge on any atom is -0.493 e. The second-order valence-corrected chi connectivity index (χ2v) is 8.87. The first-order valence-electron chi connectivity index (χ1n) is 12.1. The first kappa shape index (κ1) is 22.4. The molecular weight excluding hydrogens is 398 g/mol. The number of ether oxygens (including phenoxy) is 1. The second-order valence-electron chi connectivity index (χ2n) is 8.87. The van der Waals surface area contributed by atoms with Gasteiger partial charge in [-0.2, -0.15) is 0 Å². The Morgan fingerprint density at radius 3 is 2.69 bits per heavy atom. The van der Waals surface area contributed by atoms with E-state index in [1.807, 2.05) is 24.3 Å². The fourth-order valence-corrected chi connectivity index (χ4v) is 4.66. The SMILES string of the molecule is Cc1ccccc1OCCCn1c(CCCNC(=O)C2CCCCC2)nc2ccccc21. The molecule has 1 aliphatic carbocycles. The van der Waals surface area contributed by atoms with Crippen molar-refractivity contribution in [3.63, 3.8) is 0 Å². The van der Waals surface area contributed by atoms with E-state index in [2.05, 4.69) is 41.1 Å². The van der Waals surface area contributed by atoms with E-state index >= 15 is 0 Å². The predicted octanol–water partition coefficient (Wildman–Crippen LogP) is 5.44. The summed E-state index contributed by atoms with van der Waals surface area (Å²) < 4.78 is 8.31. The van der Waals surface area contributed by atoms with E-state index in [-0.39, 0.29) is 11.8 Å². The Bertz CT molecular complexity index is 1020. The highest BCUT2D eigenvalue weighted by Gasteiger charge is 2.20. The Kier molecular flexibility index (Phi) is 7.81. The molecule has 170 valence electrons. The Balaban J connectivity index is 1.30. The predicted molar refractivity (Wildman–Crippen MR) is 129 cm³/mol. The number of nitrogens with one attached hydrogen (secondary N) is 1. The van der Waals surface area contributed by atoms with Crippen molar-refractivity contribution >= 4 is 16.9 Å². The van der Waals surface area contributed by atoms with E-state index in [0.717, 1.165) is 67.8 Å². The van der Waals surface area contributed by atoms with Crippen LogP contribution < -0.4 is 10.1 Å². The van der Waals surface area contributed by atoms with Crippen LogP contribution in [0, 0.1) is 12.8 Å². The first-order valence-corrected chi connectivity index (χ1v) is 12.1. The zero-order valence-corrected chi connectivity index (χ0v) is 19.2. The molecule has 0 saturated heterocycles. The lowest BCUT2D eigenvalue weighted by Crippen LogP contribution is -2.32. The van der Waals surface area contributed by atoms with Crippen LogP contribution in [0.15, 0.2) is 48.5 Å². The van der Waals surface area contributed by atoms with E-state index in [0.29, 0.717) is 6.61 Å². The number of hydrogen-bond acceptors (Lipinski definition) is 3. The number of hydrogen-bond donors (Lipinski definition) is 1. The van der Waals surface area contributed by atoms with Crippen LogP contribution in [0.2, 0.25) is 0 Å². The number of carbonyl (C=O) groups excluding carboxylic acids is 1. The maximum Gasteiger partial charge on any atom is 0.223 e. The van der Waals surface area contributed by atoms with Crippen molar-refractivity contribution in [1.82, 2.24) is 14.9 Å². The number of imidazole rings is 1. The Morgan fingerprint density at radius 1 is 1.06 bits per heavy atom. The van der Waals surface area contributed by atoms with Gasteiger partial charge in [-0.25, -0.2) is 4.98 Å². The molecule has 0 bridgehead atoms. The smallest absolute Gasteiger partial charge is 0.223 e. The van der Waals surface area contributed by atoms with Gasteiger partial charge in [0.2, 0.25) is 5.91 Å². The van der Waals surface area contributed by atoms with Gasteiger partial charge in [0.15, 0.2) is 0 Å². The summed E-state index contributed by atoms with van der Waals surface area (Å²) in [7, 11) is 0. The molecule has 1 fully saturated rings. The van der Waals surface area contributed by atoms with Crippen molar-refractivity contribution in [2.24, 2.45) is 5.92 Å². The van der Waals surface area contributed by atoms with Gasteiger partial charge in [0, 0.05) is 25.4 Å². The van der Waals surface area contributed by atoms with E-state index in [1.54, 1.807) is 0 Å². The lowest BCUT2D eigenvalue weighted by Gasteiger charge is -2.20. The standard InChI is InChI=1S/C27H35N3O2/c1-21-11-5-8-16-25(21)32-20-10-19-30-24-15-7-6-14-23(24)29-26(30)17-9-18-28-27(31)22-12-3-2-4-13-22/h5-8,11,14-16,22H,2-4,9-10,12-13,17-20H2,1H3,(H,28,31). The maximum absolute atomic E-state index is 12.4. The van der Waals surface area contributed by atoms with Gasteiger partial charge in [-0.05, 0) is 56.4 Å².